The minimum Gasteiger partial charge on any atom is -0.389 e. The normalized spacial score (nSPS) is 16.2. The minimum absolute atomic E-state index is 0.407. The third-order valence-electron chi connectivity index (χ3n) is 5.65. The quantitative estimate of drug-likeness (QED) is 0.358. The molecular formula is C22H29ClN6. The Hall–Kier alpha value is -2.34. The molecule has 0 atom stereocenters. The molecule has 0 amide bonds. The molecule has 2 heterocycles. The fourth-order valence-corrected chi connectivity index (χ4v) is 3.60. The Morgan fingerprint density at radius 3 is 2.62 bits per heavy atom. The number of rotatable bonds is 11. The van der Waals surface area contributed by atoms with Crippen LogP contribution < -0.4 is 16.0 Å². The molecule has 2 aliphatic carbocycles. The van der Waals surface area contributed by atoms with Gasteiger partial charge in [0.05, 0.1) is 23.5 Å². The van der Waals surface area contributed by atoms with Crippen LogP contribution in [0.25, 0.3) is 0 Å². The number of allylic oxidation sites excluding steroid dienone is 1. The monoisotopic (exact) mass is 412 g/mol. The smallest absolute Gasteiger partial charge is 0.229 e. The number of aromatic nitrogens is 3. The van der Waals surface area contributed by atoms with Gasteiger partial charge in [-0.1, -0.05) is 13.0 Å². The maximum atomic E-state index is 5.80. The molecule has 3 N–H and O–H groups in total. The van der Waals surface area contributed by atoms with Crippen molar-refractivity contribution in [2.75, 3.05) is 23.7 Å². The lowest BCUT2D eigenvalue weighted by atomic mass is 9.83. The van der Waals surface area contributed by atoms with Crippen LogP contribution in [0.3, 0.4) is 0 Å². The van der Waals surface area contributed by atoms with Crippen LogP contribution in [0.15, 0.2) is 36.8 Å². The van der Waals surface area contributed by atoms with Gasteiger partial charge in [-0.15, -0.1) is 11.6 Å². The average Bonchev–Trinajstić information content (AvgIpc) is 3.52. The van der Waals surface area contributed by atoms with Crippen molar-refractivity contribution in [3.63, 3.8) is 0 Å². The predicted molar refractivity (Wildman–Crippen MR) is 119 cm³/mol. The van der Waals surface area contributed by atoms with Crippen LogP contribution in [0, 0.1) is 5.92 Å². The van der Waals surface area contributed by atoms with Gasteiger partial charge in [0.25, 0.3) is 0 Å². The zero-order chi connectivity index (χ0) is 20.1. The second-order valence-corrected chi connectivity index (χ2v) is 8.20. The van der Waals surface area contributed by atoms with Crippen molar-refractivity contribution in [2.45, 2.75) is 50.3 Å². The van der Waals surface area contributed by atoms with E-state index >= 15 is 0 Å². The summed E-state index contributed by atoms with van der Waals surface area (Å²) < 4.78 is 0. The third-order valence-corrected chi connectivity index (χ3v) is 5.92. The van der Waals surface area contributed by atoms with Crippen molar-refractivity contribution in [3.8, 4) is 0 Å². The molecule has 0 aromatic carbocycles. The first-order valence-corrected chi connectivity index (χ1v) is 11.1. The zero-order valence-electron chi connectivity index (χ0n) is 16.8. The van der Waals surface area contributed by atoms with E-state index < -0.39 is 0 Å². The van der Waals surface area contributed by atoms with E-state index in [0.29, 0.717) is 23.7 Å². The fraction of sp³-hybridized carbons (Fsp3) is 0.500. The molecular weight excluding hydrogens is 384 g/mol. The molecule has 0 radical (unpaired) electrons. The number of alkyl halides is 1. The van der Waals surface area contributed by atoms with Gasteiger partial charge in [0.1, 0.15) is 5.82 Å². The standard InChI is InChI=1S/C22H29ClN6/c1-15(16-4-2-5-16)24-10-3-11-25-21-20(17-6-7-17)14-27-22(29-21)28-19-9-8-18(12-23)26-13-19/h8-9,13-14,16-17,24H,1-7,10-12H2,(H2,25,27,28,29). The maximum Gasteiger partial charge on any atom is 0.229 e. The summed E-state index contributed by atoms with van der Waals surface area (Å²) in [5, 5.41) is 10.2. The van der Waals surface area contributed by atoms with E-state index in [-0.39, 0.29) is 0 Å². The summed E-state index contributed by atoms with van der Waals surface area (Å²) in [4.78, 5) is 13.5. The van der Waals surface area contributed by atoms with Crippen molar-refractivity contribution >= 4 is 29.1 Å². The van der Waals surface area contributed by atoms with Crippen LogP contribution in [0.5, 0.6) is 0 Å². The van der Waals surface area contributed by atoms with Gasteiger partial charge in [-0.05, 0) is 56.1 Å². The molecule has 4 rings (SSSR count). The Bertz CT molecular complexity index is 830. The van der Waals surface area contributed by atoms with Gasteiger partial charge in [-0.2, -0.15) is 4.98 Å². The maximum absolute atomic E-state index is 5.80. The average molecular weight is 413 g/mol. The number of anilines is 3. The van der Waals surface area contributed by atoms with Gasteiger partial charge in [0, 0.05) is 30.5 Å². The van der Waals surface area contributed by atoms with E-state index in [0.717, 1.165) is 36.7 Å². The van der Waals surface area contributed by atoms with Crippen LogP contribution in [0.1, 0.15) is 55.7 Å². The highest BCUT2D eigenvalue weighted by Crippen LogP contribution is 2.42. The van der Waals surface area contributed by atoms with E-state index in [1.165, 1.54) is 43.4 Å². The van der Waals surface area contributed by atoms with Crippen LogP contribution in [0.2, 0.25) is 0 Å². The molecule has 0 bridgehead atoms. The van der Waals surface area contributed by atoms with E-state index in [4.69, 9.17) is 16.6 Å². The van der Waals surface area contributed by atoms with Crippen molar-refractivity contribution in [1.82, 2.24) is 20.3 Å². The van der Waals surface area contributed by atoms with Gasteiger partial charge in [0.15, 0.2) is 0 Å². The predicted octanol–water partition coefficient (Wildman–Crippen LogP) is 4.94. The molecule has 7 heteroatoms. The highest BCUT2D eigenvalue weighted by Gasteiger charge is 2.27. The van der Waals surface area contributed by atoms with Gasteiger partial charge in [-0.3, -0.25) is 4.98 Å². The van der Waals surface area contributed by atoms with E-state index in [1.54, 1.807) is 6.20 Å². The Labute approximate surface area is 177 Å². The molecule has 0 saturated heterocycles. The van der Waals surface area contributed by atoms with E-state index in [1.807, 2.05) is 18.3 Å². The molecule has 0 spiro atoms. The zero-order valence-corrected chi connectivity index (χ0v) is 17.5. The number of hydrogen-bond acceptors (Lipinski definition) is 6. The molecule has 2 aromatic heterocycles. The van der Waals surface area contributed by atoms with Crippen LogP contribution in [-0.4, -0.2) is 28.0 Å². The molecule has 2 saturated carbocycles. The summed E-state index contributed by atoms with van der Waals surface area (Å²) in [5.41, 5.74) is 4.12. The number of nitrogens with zero attached hydrogens (tertiary/aromatic N) is 3. The Morgan fingerprint density at radius 1 is 1.10 bits per heavy atom. The molecule has 2 aromatic rings. The summed E-state index contributed by atoms with van der Waals surface area (Å²) in [6.07, 6.45) is 11.1. The first kappa shape index (κ1) is 20.0. The molecule has 6 nitrogen and oxygen atoms in total. The van der Waals surface area contributed by atoms with Gasteiger partial charge in [0.2, 0.25) is 5.95 Å². The minimum atomic E-state index is 0.407. The van der Waals surface area contributed by atoms with Crippen LogP contribution >= 0.6 is 11.6 Å². The first-order chi connectivity index (χ1) is 14.2. The third kappa shape index (κ3) is 5.38. The van der Waals surface area contributed by atoms with Crippen LogP contribution in [-0.2, 0) is 5.88 Å². The fourth-order valence-electron chi connectivity index (χ4n) is 3.44. The molecule has 2 fully saturated rings. The van der Waals surface area contributed by atoms with Gasteiger partial charge in [-0.25, -0.2) is 4.98 Å². The number of pyridine rings is 1. The Balaban J connectivity index is 1.32. The SMILES string of the molecule is C=C(NCCCNc1nc(Nc2ccc(CCl)nc2)ncc1C1CC1)C1CCC1. The number of halogens is 1. The first-order valence-electron chi connectivity index (χ1n) is 10.5. The number of nitrogens with one attached hydrogen (secondary N) is 3. The topological polar surface area (TPSA) is 74.8 Å². The van der Waals surface area contributed by atoms with Crippen molar-refractivity contribution in [2.24, 2.45) is 5.92 Å². The Kier molecular flexibility index (Phi) is 6.49. The van der Waals surface area contributed by atoms with Crippen LogP contribution in [0.4, 0.5) is 17.5 Å². The van der Waals surface area contributed by atoms with Crippen molar-refractivity contribution < 1.29 is 0 Å². The molecule has 0 unspecified atom stereocenters. The second-order valence-electron chi connectivity index (χ2n) is 7.93. The highest BCUT2D eigenvalue weighted by molar-refractivity contribution is 6.16. The largest absolute Gasteiger partial charge is 0.389 e. The summed E-state index contributed by atoms with van der Waals surface area (Å²) >= 11 is 5.80. The van der Waals surface area contributed by atoms with E-state index in [2.05, 4.69) is 32.5 Å². The van der Waals surface area contributed by atoms with Gasteiger partial charge >= 0.3 is 0 Å². The lowest BCUT2D eigenvalue weighted by Gasteiger charge is -2.28. The summed E-state index contributed by atoms with van der Waals surface area (Å²) in [7, 11) is 0. The summed E-state index contributed by atoms with van der Waals surface area (Å²) in [5.74, 6) is 3.20. The molecule has 154 valence electrons. The Morgan fingerprint density at radius 2 is 1.97 bits per heavy atom. The second kappa shape index (κ2) is 9.44. The van der Waals surface area contributed by atoms with Gasteiger partial charge < -0.3 is 16.0 Å². The summed E-state index contributed by atoms with van der Waals surface area (Å²) in [6, 6.07) is 3.84. The highest BCUT2D eigenvalue weighted by atomic mass is 35.5. The molecule has 29 heavy (non-hydrogen) atoms. The summed E-state index contributed by atoms with van der Waals surface area (Å²) in [6.45, 7) is 5.98. The molecule has 0 aliphatic heterocycles. The van der Waals surface area contributed by atoms with Crippen molar-refractivity contribution in [1.29, 1.82) is 0 Å². The van der Waals surface area contributed by atoms with Crippen molar-refractivity contribution in [3.05, 3.63) is 48.1 Å². The van der Waals surface area contributed by atoms with E-state index in [9.17, 15) is 0 Å². The lowest BCUT2D eigenvalue weighted by molar-refractivity contribution is 0.350. The lowest BCUT2D eigenvalue weighted by Crippen LogP contribution is -2.26. The number of hydrogen-bond donors (Lipinski definition) is 3. The molecule has 2 aliphatic rings.